The van der Waals surface area contributed by atoms with E-state index < -0.39 is 11.4 Å². The van der Waals surface area contributed by atoms with E-state index in [1.807, 2.05) is 13.8 Å². The van der Waals surface area contributed by atoms with Crippen molar-refractivity contribution in [2.24, 2.45) is 7.05 Å². The van der Waals surface area contributed by atoms with Gasteiger partial charge in [0.15, 0.2) is 0 Å². The summed E-state index contributed by atoms with van der Waals surface area (Å²) in [5.41, 5.74) is 0.450. The van der Waals surface area contributed by atoms with Crippen LogP contribution in [0.4, 0.5) is 0 Å². The van der Waals surface area contributed by atoms with Crippen molar-refractivity contribution >= 4 is 11.6 Å². The standard InChI is InChI=1S/C13H17ClN4O2/c1-7(2)18-13(20)17(12(19)16(18)5)11-8(3)6-10(14)9(4)15-11/h6-7H,1-5H3. The first-order chi connectivity index (χ1) is 9.25. The Labute approximate surface area is 121 Å². The normalized spacial score (nSPS) is 11.3. The summed E-state index contributed by atoms with van der Waals surface area (Å²) in [6.45, 7) is 7.20. The van der Waals surface area contributed by atoms with E-state index in [0.29, 0.717) is 22.1 Å². The third-order valence-electron chi connectivity index (χ3n) is 3.19. The van der Waals surface area contributed by atoms with E-state index in [1.165, 1.54) is 9.36 Å². The molecule has 108 valence electrons. The van der Waals surface area contributed by atoms with Gasteiger partial charge in [-0.1, -0.05) is 11.6 Å². The zero-order chi connectivity index (χ0) is 15.2. The number of rotatable bonds is 2. The number of aromatic nitrogens is 4. The highest BCUT2D eigenvalue weighted by Crippen LogP contribution is 2.18. The highest BCUT2D eigenvalue weighted by molar-refractivity contribution is 6.31. The molecule has 20 heavy (non-hydrogen) atoms. The molecule has 2 aromatic rings. The van der Waals surface area contributed by atoms with Crippen LogP contribution >= 0.6 is 11.6 Å². The van der Waals surface area contributed by atoms with Crippen LogP contribution in [0.2, 0.25) is 5.02 Å². The van der Waals surface area contributed by atoms with Gasteiger partial charge >= 0.3 is 11.4 Å². The summed E-state index contributed by atoms with van der Waals surface area (Å²) in [6.07, 6.45) is 0. The van der Waals surface area contributed by atoms with Gasteiger partial charge in [-0.2, -0.15) is 4.57 Å². The fraction of sp³-hybridized carbons (Fsp3) is 0.462. The third-order valence-corrected chi connectivity index (χ3v) is 3.58. The molecule has 0 radical (unpaired) electrons. The molecule has 6 nitrogen and oxygen atoms in total. The second-order valence-electron chi connectivity index (χ2n) is 5.06. The molecule has 0 fully saturated rings. The number of aryl methyl sites for hydroxylation is 2. The van der Waals surface area contributed by atoms with Gasteiger partial charge in [-0.05, 0) is 39.3 Å². The van der Waals surface area contributed by atoms with Crippen LogP contribution in [0.3, 0.4) is 0 Å². The summed E-state index contributed by atoms with van der Waals surface area (Å²) < 4.78 is 3.78. The van der Waals surface area contributed by atoms with Crippen molar-refractivity contribution in [2.75, 3.05) is 0 Å². The average molecular weight is 297 g/mol. The summed E-state index contributed by atoms with van der Waals surface area (Å²) >= 11 is 6.00. The van der Waals surface area contributed by atoms with Gasteiger partial charge in [0.2, 0.25) is 0 Å². The fourth-order valence-corrected chi connectivity index (χ4v) is 2.39. The van der Waals surface area contributed by atoms with E-state index in [0.717, 1.165) is 4.57 Å². The van der Waals surface area contributed by atoms with Crippen LogP contribution in [0.25, 0.3) is 5.82 Å². The Morgan fingerprint density at radius 1 is 1.20 bits per heavy atom. The first-order valence-electron chi connectivity index (χ1n) is 6.30. The second kappa shape index (κ2) is 4.94. The maximum absolute atomic E-state index is 12.4. The molecule has 0 unspecified atom stereocenters. The van der Waals surface area contributed by atoms with Crippen LogP contribution < -0.4 is 11.4 Å². The van der Waals surface area contributed by atoms with Crippen molar-refractivity contribution in [1.29, 1.82) is 0 Å². The Balaban J connectivity index is 2.85. The molecule has 0 saturated carbocycles. The average Bonchev–Trinajstić information content (AvgIpc) is 2.56. The Morgan fingerprint density at radius 3 is 2.30 bits per heavy atom. The number of pyridine rings is 1. The molecule has 0 aromatic carbocycles. The summed E-state index contributed by atoms with van der Waals surface area (Å²) in [5.74, 6) is 0.330. The molecule has 0 amide bonds. The molecule has 2 rings (SSSR count). The number of nitrogens with zero attached hydrogens (tertiary/aromatic N) is 4. The molecule has 0 saturated heterocycles. The van der Waals surface area contributed by atoms with Crippen LogP contribution in [0.5, 0.6) is 0 Å². The summed E-state index contributed by atoms with van der Waals surface area (Å²) in [7, 11) is 1.57. The van der Waals surface area contributed by atoms with Gasteiger partial charge < -0.3 is 0 Å². The summed E-state index contributed by atoms with van der Waals surface area (Å²) in [6, 6.07) is 1.59. The van der Waals surface area contributed by atoms with E-state index in [9.17, 15) is 9.59 Å². The van der Waals surface area contributed by atoms with Gasteiger partial charge in [-0.15, -0.1) is 0 Å². The first kappa shape index (κ1) is 14.6. The minimum Gasteiger partial charge on any atom is -0.245 e. The van der Waals surface area contributed by atoms with E-state index in [2.05, 4.69) is 4.98 Å². The second-order valence-corrected chi connectivity index (χ2v) is 5.47. The van der Waals surface area contributed by atoms with Crippen molar-refractivity contribution in [3.8, 4) is 5.82 Å². The van der Waals surface area contributed by atoms with Crippen LogP contribution in [0.15, 0.2) is 15.7 Å². The minimum atomic E-state index is -0.416. The maximum atomic E-state index is 12.4. The van der Waals surface area contributed by atoms with Gasteiger partial charge in [-0.3, -0.25) is 0 Å². The third kappa shape index (κ3) is 2.10. The van der Waals surface area contributed by atoms with Crippen LogP contribution in [0.1, 0.15) is 31.1 Å². The molecule has 0 bridgehead atoms. The SMILES string of the molecule is Cc1cc(Cl)c(C)nc1-n1c(=O)n(C)n(C(C)C)c1=O. The van der Waals surface area contributed by atoms with E-state index in [-0.39, 0.29) is 6.04 Å². The first-order valence-corrected chi connectivity index (χ1v) is 6.68. The predicted molar refractivity (Wildman–Crippen MR) is 77.9 cm³/mol. The largest absolute Gasteiger partial charge is 0.353 e. The highest BCUT2D eigenvalue weighted by Gasteiger charge is 2.19. The Kier molecular flexibility index (Phi) is 3.60. The van der Waals surface area contributed by atoms with Crippen molar-refractivity contribution in [3.63, 3.8) is 0 Å². The van der Waals surface area contributed by atoms with Crippen molar-refractivity contribution in [2.45, 2.75) is 33.7 Å². The zero-order valence-corrected chi connectivity index (χ0v) is 12.9. The number of hydrogen-bond donors (Lipinski definition) is 0. The van der Waals surface area contributed by atoms with E-state index in [4.69, 9.17) is 11.6 Å². The lowest BCUT2D eigenvalue weighted by Crippen LogP contribution is -2.29. The Morgan fingerprint density at radius 2 is 1.80 bits per heavy atom. The lowest BCUT2D eigenvalue weighted by molar-refractivity contribution is 0.430. The molecule has 0 spiro atoms. The van der Waals surface area contributed by atoms with Crippen molar-refractivity contribution in [3.05, 3.63) is 43.3 Å². The maximum Gasteiger partial charge on any atom is 0.353 e. The van der Waals surface area contributed by atoms with Crippen LogP contribution in [-0.4, -0.2) is 18.9 Å². The molecule has 7 heteroatoms. The Hall–Kier alpha value is -1.82. The molecule has 0 aliphatic carbocycles. The topological polar surface area (TPSA) is 61.8 Å². The van der Waals surface area contributed by atoms with Crippen molar-refractivity contribution < 1.29 is 0 Å². The predicted octanol–water partition coefficient (Wildman–Crippen LogP) is 1.58. The van der Waals surface area contributed by atoms with Crippen molar-refractivity contribution in [1.82, 2.24) is 18.9 Å². The fourth-order valence-electron chi connectivity index (χ4n) is 2.18. The van der Waals surface area contributed by atoms with Crippen LogP contribution in [0, 0.1) is 13.8 Å². The lowest BCUT2D eigenvalue weighted by Gasteiger charge is -2.08. The molecule has 0 N–H and O–H groups in total. The molecule has 2 aromatic heterocycles. The van der Waals surface area contributed by atoms with Gasteiger partial charge in [0.1, 0.15) is 5.82 Å². The molecule has 0 aliphatic rings. The summed E-state index contributed by atoms with van der Waals surface area (Å²) in [5, 5.41) is 0.513. The molecule has 0 atom stereocenters. The number of hydrogen-bond acceptors (Lipinski definition) is 3. The monoisotopic (exact) mass is 296 g/mol. The van der Waals surface area contributed by atoms with E-state index >= 15 is 0 Å². The molecule has 2 heterocycles. The van der Waals surface area contributed by atoms with Crippen LogP contribution in [-0.2, 0) is 7.05 Å². The molecule has 0 aliphatic heterocycles. The Bertz CT molecular complexity index is 783. The van der Waals surface area contributed by atoms with Gasteiger partial charge in [0, 0.05) is 13.1 Å². The highest BCUT2D eigenvalue weighted by atomic mass is 35.5. The van der Waals surface area contributed by atoms with Gasteiger partial charge in [-0.25, -0.2) is 23.9 Å². The summed E-state index contributed by atoms with van der Waals surface area (Å²) in [4.78, 5) is 29.0. The van der Waals surface area contributed by atoms with E-state index in [1.54, 1.807) is 27.0 Å². The quantitative estimate of drug-likeness (QED) is 0.845. The molecular weight excluding hydrogens is 280 g/mol. The zero-order valence-electron chi connectivity index (χ0n) is 12.1. The lowest BCUT2D eigenvalue weighted by atomic mass is 10.2. The minimum absolute atomic E-state index is 0.116. The smallest absolute Gasteiger partial charge is 0.245 e. The molecular formula is C13H17ClN4O2. The van der Waals surface area contributed by atoms with Gasteiger partial charge in [0.05, 0.1) is 10.7 Å². The van der Waals surface area contributed by atoms with Gasteiger partial charge in [0.25, 0.3) is 0 Å². The number of halogens is 1.